The molecule has 1 aromatic heterocycles. The molecule has 3 heteroatoms. The van der Waals surface area contributed by atoms with E-state index < -0.39 is 0 Å². The fourth-order valence-corrected chi connectivity index (χ4v) is 2.23. The van der Waals surface area contributed by atoms with Crippen LogP contribution in [-0.2, 0) is 6.42 Å². The van der Waals surface area contributed by atoms with Gasteiger partial charge in [-0.1, -0.05) is 27.2 Å². The van der Waals surface area contributed by atoms with E-state index in [9.17, 15) is 0 Å². The van der Waals surface area contributed by atoms with Crippen molar-refractivity contribution in [2.75, 3.05) is 13.2 Å². The molecule has 0 saturated heterocycles. The average Bonchev–Trinajstić information content (AvgIpc) is 2.43. The van der Waals surface area contributed by atoms with Crippen LogP contribution in [0.4, 0.5) is 0 Å². The maximum Gasteiger partial charge on any atom is 0.137 e. The molecule has 0 aliphatic carbocycles. The number of nitrogens with zero attached hydrogens (tertiary/aromatic N) is 1. The Morgan fingerprint density at radius 2 is 2.00 bits per heavy atom. The van der Waals surface area contributed by atoms with Gasteiger partial charge in [0.2, 0.25) is 0 Å². The monoisotopic (exact) mass is 264 g/mol. The summed E-state index contributed by atoms with van der Waals surface area (Å²) in [5, 5.41) is 3.55. The molecule has 0 amide bonds. The van der Waals surface area contributed by atoms with Gasteiger partial charge in [-0.25, -0.2) is 0 Å². The van der Waals surface area contributed by atoms with E-state index in [4.69, 9.17) is 4.74 Å². The summed E-state index contributed by atoms with van der Waals surface area (Å²) in [4.78, 5) is 4.26. The number of ether oxygens (including phenoxy) is 1. The zero-order chi connectivity index (χ0) is 13.9. The highest BCUT2D eigenvalue weighted by molar-refractivity contribution is 5.23. The van der Waals surface area contributed by atoms with Crippen molar-refractivity contribution in [2.24, 2.45) is 0 Å². The fraction of sp³-hybridized carbons (Fsp3) is 0.688. The Labute approximate surface area is 117 Å². The third-order valence-electron chi connectivity index (χ3n) is 3.15. The van der Waals surface area contributed by atoms with Crippen molar-refractivity contribution in [2.45, 2.75) is 58.9 Å². The predicted octanol–water partition coefficient (Wildman–Crippen LogP) is 3.58. The maximum absolute atomic E-state index is 5.62. The molecular weight excluding hydrogens is 236 g/mol. The molecule has 0 spiro atoms. The first-order valence-corrected chi connectivity index (χ1v) is 7.60. The highest BCUT2D eigenvalue weighted by atomic mass is 16.5. The first-order chi connectivity index (χ1) is 9.30. The van der Waals surface area contributed by atoms with Crippen molar-refractivity contribution in [3.05, 3.63) is 24.0 Å². The van der Waals surface area contributed by atoms with Crippen LogP contribution in [0.5, 0.6) is 5.75 Å². The third kappa shape index (κ3) is 6.58. The lowest BCUT2D eigenvalue weighted by atomic mass is 10.0. The predicted molar refractivity (Wildman–Crippen MR) is 80.7 cm³/mol. The lowest BCUT2D eigenvalue weighted by molar-refractivity contribution is 0.315. The SMILES string of the molecule is CCCOc1cncc(CCC(CCC)NCC)c1. The second-order valence-corrected chi connectivity index (χ2v) is 4.96. The van der Waals surface area contributed by atoms with Crippen molar-refractivity contribution in [3.8, 4) is 5.75 Å². The van der Waals surface area contributed by atoms with Gasteiger partial charge in [-0.15, -0.1) is 0 Å². The molecular formula is C16H28N2O. The summed E-state index contributed by atoms with van der Waals surface area (Å²) in [6.07, 6.45) is 9.49. The molecule has 1 N–H and O–H groups in total. The van der Waals surface area contributed by atoms with Crippen molar-refractivity contribution in [3.63, 3.8) is 0 Å². The Balaban J connectivity index is 2.46. The van der Waals surface area contributed by atoms with Crippen LogP contribution in [0.3, 0.4) is 0 Å². The van der Waals surface area contributed by atoms with Gasteiger partial charge >= 0.3 is 0 Å². The Kier molecular flexibility index (Phi) is 8.23. The van der Waals surface area contributed by atoms with E-state index >= 15 is 0 Å². The van der Waals surface area contributed by atoms with Gasteiger partial charge in [-0.2, -0.15) is 0 Å². The van der Waals surface area contributed by atoms with Crippen LogP contribution >= 0.6 is 0 Å². The van der Waals surface area contributed by atoms with E-state index in [1.807, 2.05) is 6.20 Å². The minimum Gasteiger partial charge on any atom is -0.492 e. The van der Waals surface area contributed by atoms with E-state index in [-0.39, 0.29) is 0 Å². The molecule has 1 aromatic rings. The maximum atomic E-state index is 5.62. The van der Waals surface area contributed by atoms with Crippen molar-refractivity contribution in [1.29, 1.82) is 0 Å². The molecule has 19 heavy (non-hydrogen) atoms. The largest absolute Gasteiger partial charge is 0.492 e. The van der Waals surface area contributed by atoms with Gasteiger partial charge in [0.15, 0.2) is 0 Å². The number of pyridine rings is 1. The van der Waals surface area contributed by atoms with Crippen LogP contribution in [0.15, 0.2) is 18.5 Å². The third-order valence-corrected chi connectivity index (χ3v) is 3.15. The zero-order valence-corrected chi connectivity index (χ0v) is 12.6. The number of hydrogen-bond donors (Lipinski definition) is 1. The van der Waals surface area contributed by atoms with E-state index in [2.05, 4.69) is 37.1 Å². The van der Waals surface area contributed by atoms with Gasteiger partial charge < -0.3 is 10.1 Å². The van der Waals surface area contributed by atoms with Gasteiger partial charge in [0.05, 0.1) is 12.8 Å². The first kappa shape index (κ1) is 16.0. The van der Waals surface area contributed by atoms with Crippen molar-refractivity contribution in [1.82, 2.24) is 10.3 Å². The number of rotatable bonds is 10. The molecule has 108 valence electrons. The second-order valence-electron chi connectivity index (χ2n) is 4.96. The van der Waals surface area contributed by atoms with Gasteiger partial charge in [0.1, 0.15) is 5.75 Å². The number of aromatic nitrogens is 1. The van der Waals surface area contributed by atoms with Crippen molar-refractivity contribution < 1.29 is 4.74 Å². The summed E-state index contributed by atoms with van der Waals surface area (Å²) in [7, 11) is 0. The Bertz CT molecular complexity index is 335. The standard InChI is InChI=1S/C16H28N2O/c1-4-7-15(18-6-3)9-8-14-11-16(13-17-12-14)19-10-5-2/h11-13,15,18H,4-10H2,1-3H3. The molecule has 0 bridgehead atoms. The minimum absolute atomic E-state index is 0.621. The first-order valence-electron chi connectivity index (χ1n) is 7.60. The van der Waals surface area contributed by atoms with Gasteiger partial charge in [0.25, 0.3) is 0 Å². The summed E-state index contributed by atoms with van der Waals surface area (Å²) in [6.45, 7) is 8.33. The summed E-state index contributed by atoms with van der Waals surface area (Å²) in [5.74, 6) is 0.898. The fourth-order valence-electron chi connectivity index (χ4n) is 2.23. The van der Waals surface area contributed by atoms with Crippen molar-refractivity contribution >= 4 is 0 Å². The summed E-state index contributed by atoms with van der Waals surface area (Å²) in [6, 6.07) is 2.74. The number of aryl methyl sites for hydroxylation is 1. The average molecular weight is 264 g/mol. The van der Waals surface area contributed by atoms with Crippen LogP contribution < -0.4 is 10.1 Å². The topological polar surface area (TPSA) is 34.1 Å². The van der Waals surface area contributed by atoms with Crippen LogP contribution in [0.1, 0.15) is 52.0 Å². The molecule has 1 unspecified atom stereocenters. The Morgan fingerprint density at radius 1 is 1.16 bits per heavy atom. The zero-order valence-electron chi connectivity index (χ0n) is 12.6. The molecule has 1 rings (SSSR count). The molecule has 0 radical (unpaired) electrons. The number of nitrogens with one attached hydrogen (secondary N) is 1. The molecule has 0 aliphatic rings. The number of hydrogen-bond acceptors (Lipinski definition) is 3. The van der Waals surface area contributed by atoms with Crippen LogP contribution in [0.2, 0.25) is 0 Å². The Morgan fingerprint density at radius 3 is 2.68 bits per heavy atom. The highest BCUT2D eigenvalue weighted by Crippen LogP contribution is 2.14. The van der Waals surface area contributed by atoms with E-state index in [1.165, 1.54) is 24.8 Å². The molecule has 0 aliphatic heterocycles. The summed E-state index contributed by atoms with van der Waals surface area (Å²) < 4.78 is 5.62. The van der Waals surface area contributed by atoms with Gasteiger partial charge in [-0.3, -0.25) is 4.98 Å². The van der Waals surface area contributed by atoms with Gasteiger partial charge in [-0.05, 0) is 43.9 Å². The van der Waals surface area contributed by atoms with Gasteiger partial charge in [0, 0.05) is 12.2 Å². The molecule has 3 nitrogen and oxygen atoms in total. The van der Waals surface area contributed by atoms with E-state index in [0.717, 1.165) is 31.7 Å². The van der Waals surface area contributed by atoms with E-state index in [0.29, 0.717) is 6.04 Å². The molecule has 1 atom stereocenters. The molecule has 0 saturated carbocycles. The Hall–Kier alpha value is -1.09. The van der Waals surface area contributed by atoms with Crippen LogP contribution in [0, 0.1) is 0 Å². The minimum atomic E-state index is 0.621. The highest BCUT2D eigenvalue weighted by Gasteiger charge is 2.07. The van der Waals surface area contributed by atoms with Crippen LogP contribution in [-0.4, -0.2) is 24.2 Å². The second kappa shape index (κ2) is 9.79. The lowest BCUT2D eigenvalue weighted by Crippen LogP contribution is -2.29. The lowest BCUT2D eigenvalue weighted by Gasteiger charge is -2.17. The normalized spacial score (nSPS) is 12.4. The van der Waals surface area contributed by atoms with Crippen LogP contribution in [0.25, 0.3) is 0 Å². The molecule has 0 aromatic carbocycles. The van der Waals surface area contributed by atoms with E-state index in [1.54, 1.807) is 6.20 Å². The quantitative estimate of drug-likeness (QED) is 0.701. The molecule has 1 heterocycles. The molecule has 0 fully saturated rings. The smallest absolute Gasteiger partial charge is 0.137 e. The summed E-state index contributed by atoms with van der Waals surface area (Å²) in [5.41, 5.74) is 1.27. The summed E-state index contributed by atoms with van der Waals surface area (Å²) >= 11 is 0.